The summed E-state index contributed by atoms with van der Waals surface area (Å²) in [5.41, 5.74) is 8.34. The minimum Gasteiger partial charge on any atom is -0.480 e. The van der Waals surface area contributed by atoms with Gasteiger partial charge in [0.1, 0.15) is 5.41 Å². The lowest BCUT2D eigenvalue weighted by Gasteiger charge is -2.43. The number of aromatic nitrogens is 2. The van der Waals surface area contributed by atoms with Gasteiger partial charge in [0.15, 0.2) is 0 Å². The minimum atomic E-state index is -1.47. The van der Waals surface area contributed by atoms with Crippen molar-refractivity contribution in [3.63, 3.8) is 0 Å². The van der Waals surface area contributed by atoms with E-state index < -0.39 is 17.3 Å². The number of nitrogens with two attached hydrogens (primary N) is 1. The first kappa shape index (κ1) is 23.9. The van der Waals surface area contributed by atoms with Crippen LogP contribution >= 0.6 is 0 Å². The molecule has 3 rings (SSSR count). The topological polar surface area (TPSA) is 109 Å². The number of carbonyl (C=O) groups excluding carboxylic acids is 1. The van der Waals surface area contributed by atoms with Gasteiger partial charge in [0.05, 0.1) is 17.4 Å². The van der Waals surface area contributed by atoms with E-state index in [2.05, 4.69) is 35.9 Å². The number of primary amides is 1. The number of carboxylic acids is 1. The lowest BCUT2D eigenvalue weighted by molar-refractivity contribution is -0.158. The Labute approximate surface area is 190 Å². The third-order valence-corrected chi connectivity index (χ3v) is 6.81. The Morgan fingerprint density at radius 2 is 1.97 bits per heavy atom. The van der Waals surface area contributed by atoms with Crippen LogP contribution in [0, 0.1) is 19.3 Å². The molecule has 3 N–H and O–H groups in total. The average molecular weight is 439 g/mol. The molecule has 1 atom stereocenters. The maximum Gasteiger partial charge on any atom is 0.319 e. The molecule has 1 aliphatic carbocycles. The summed E-state index contributed by atoms with van der Waals surface area (Å²) in [6.07, 6.45) is 7.30. The molecular formula is C25H34N4O3. The van der Waals surface area contributed by atoms with Crippen molar-refractivity contribution in [2.75, 3.05) is 0 Å². The Bertz CT molecular complexity index is 923. The Balaban J connectivity index is 1.95. The van der Waals surface area contributed by atoms with Gasteiger partial charge in [-0.2, -0.15) is 0 Å². The van der Waals surface area contributed by atoms with E-state index in [4.69, 9.17) is 10.7 Å². The highest BCUT2D eigenvalue weighted by molar-refractivity contribution is 6.01. The SMILES string of the molecule is CCCC(c1ccccn1)N(Cc1ncc(C)cc1C)C1CCC(C(N)=O)(C(=O)O)CC1. The first-order valence-electron chi connectivity index (χ1n) is 11.4. The monoisotopic (exact) mass is 438 g/mol. The molecule has 2 aromatic rings. The quantitative estimate of drug-likeness (QED) is 0.574. The van der Waals surface area contributed by atoms with Crippen LogP contribution in [0.15, 0.2) is 36.7 Å². The number of pyridine rings is 2. The molecule has 0 saturated heterocycles. The maximum atomic E-state index is 12.0. The van der Waals surface area contributed by atoms with Crippen LogP contribution in [0.1, 0.15) is 74.0 Å². The molecule has 1 aliphatic rings. The average Bonchev–Trinajstić information content (AvgIpc) is 2.78. The zero-order chi connectivity index (χ0) is 23.3. The molecule has 1 saturated carbocycles. The summed E-state index contributed by atoms with van der Waals surface area (Å²) in [7, 11) is 0. The lowest BCUT2D eigenvalue weighted by Crippen LogP contribution is -2.50. The first-order chi connectivity index (χ1) is 15.3. The normalized spacial score (nSPS) is 21.9. The predicted molar refractivity (Wildman–Crippen MR) is 123 cm³/mol. The van der Waals surface area contributed by atoms with E-state index in [1.165, 1.54) is 0 Å². The van der Waals surface area contributed by atoms with Crippen LogP contribution in [-0.2, 0) is 16.1 Å². The number of nitrogens with zero attached hydrogens (tertiary/aromatic N) is 3. The molecule has 7 heteroatoms. The lowest BCUT2D eigenvalue weighted by atomic mass is 9.71. The molecule has 1 amide bonds. The second-order valence-corrected chi connectivity index (χ2v) is 8.99. The summed E-state index contributed by atoms with van der Waals surface area (Å²) in [6.45, 7) is 6.92. The molecule has 0 aliphatic heterocycles. The first-order valence-corrected chi connectivity index (χ1v) is 11.4. The van der Waals surface area contributed by atoms with Crippen molar-refractivity contribution in [1.29, 1.82) is 0 Å². The van der Waals surface area contributed by atoms with Gasteiger partial charge < -0.3 is 10.8 Å². The highest BCUT2D eigenvalue weighted by atomic mass is 16.4. The molecule has 2 heterocycles. The van der Waals surface area contributed by atoms with Crippen molar-refractivity contribution in [1.82, 2.24) is 14.9 Å². The number of rotatable bonds is 9. The van der Waals surface area contributed by atoms with Crippen molar-refractivity contribution >= 4 is 11.9 Å². The Hall–Kier alpha value is -2.80. The standard InChI is InChI=1S/C25H34N4O3/c1-4-7-22(20-8-5-6-13-27-20)29(16-21-18(3)14-17(2)15-28-21)19-9-11-25(12-10-19,23(26)30)24(31)32/h5-6,8,13-15,19,22H,4,7,9-12,16H2,1-3H3,(H2,26,30)(H,31,32). The highest BCUT2D eigenvalue weighted by Gasteiger charge is 2.48. The van der Waals surface area contributed by atoms with Gasteiger partial charge in [-0.1, -0.05) is 25.5 Å². The summed E-state index contributed by atoms with van der Waals surface area (Å²) in [5, 5.41) is 9.72. The highest BCUT2D eigenvalue weighted by Crippen LogP contribution is 2.41. The molecule has 0 radical (unpaired) electrons. The molecular weight excluding hydrogens is 404 g/mol. The van der Waals surface area contributed by atoms with Gasteiger partial charge in [-0.05, 0) is 69.2 Å². The van der Waals surface area contributed by atoms with Crippen LogP contribution in [0.3, 0.4) is 0 Å². The third kappa shape index (κ3) is 4.99. The minimum absolute atomic E-state index is 0.0830. The van der Waals surface area contributed by atoms with Crippen molar-refractivity contribution in [3.8, 4) is 0 Å². The summed E-state index contributed by atoms with van der Waals surface area (Å²) in [5.74, 6) is -1.85. The van der Waals surface area contributed by atoms with Crippen LogP contribution < -0.4 is 5.73 Å². The van der Waals surface area contributed by atoms with Gasteiger partial charge in [0.2, 0.25) is 5.91 Å². The zero-order valence-corrected chi connectivity index (χ0v) is 19.3. The van der Waals surface area contributed by atoms with E-state index in [0.717, 1.165) is 35.4 Å². The van der Waals surface area contributed by atoms with E-state index >= 15 is 0 Å². The van der Waals surface area contributed by atoms with Gasteiger partial charge in [-0.3, -0.25) is 24.5 Å². The third-order valence-electron chi connectivity index (χ3n) is 6.81. The van der Waals surface area contributed by atoms with Gasteiger partial charge in [-0.25, -0.2) is 0 Å². The number of aliphatic carboxylic acids is 1. The summed E-state index contributed by atoms with van der Waals surface area (Å²) >= 11 is 0. The van der Waals surface area contributed by atoms with Gasteiger partial charge in [0, 0.05) is 25.0 Å². The van der Waals surface area contributed by atoms with Crippen molar-refractivity contribution < 1.29 is 14.7 Å². The molecule has 7 nitrogen and oxygen atoms in total. The Morgan fingerprint density at radius 3 is 2.50 bits per heavy atom. The number of amides is 1. The maximum absolute atomic E-state index is 12.0. The van der Waals surface area contributed by atoms with Crippen LogP contribution in [-0.4, -0.2) is 37.9 Å². The van der Waals surface area contributed by atoms with E-state index in [-0.39, 0.29) is 24.9 Å². The van der Waals surface area contributed by atoms with Crippen LogP contribution in [0.25, 0.3) is 0 Å². The van der Waals surface area contributed by atoms with E-state index in [0.29, 0.717) is 19.4 Å². The van der Waals surface area contributed by atoms with Gasteiger partial charge >= 0.3 is 5.97 Å². The Kier molecular flexibility index (Phi) is 7.61. The van der Waals surface area contributed by atoms with E-state index in [1.807, 2.05) is 31.5 Å². The summed E-state index contributed by atoms with van der Waals surface area (Å²) < 4.78 is 0. The fraction of sp³-hybridized carbons (Fsp3) is 0.520. The second kappa shape index (κ2) is 10.2. The fourth-order valence-corrected chi connectivity index (χ4v) is 4.90. The molecule has 0 spiro atoms. The molecule has 2 aromatic heterocycles. The fourth-order valence-electron chi connectivity index (χ4n) is 4.90. The molecule has 1 fully saturated rings. The molecule has 1 unspecified atom stereocenters. The Morgan fingerprint density at radius 1 is 1.25 bits per heavy atom. The number of aryl methyl sites for hydroxylation is 2. The van der Waals surface area contributed by atoms with Crippen molar-refractivity contribution in [3.05, 3.63) is 59.2 Å². The number of carboxylic acid groups (broad SMARTS) is 1. The van der Waals surface area contributed by atoms with Gasteiger partial charge in [0.25, 0.3) is 0 Å². The largest absolute Gasteiger partial charge is 0.480 e. The predicted octanol–water partition coefficient (Wildman–Crippen LogP) is 3.94. The van der Waals surface area contributed by atoms with E-state index in [9.17, 15) is 14.7 Å². The molecule has 172 valence electrons. The van der Waals surface area contributed by atoms with Crippen LogP contribution in [0.2, 0.25) is 0 Å². The second-order valence-electron chi connectivity index (χ2n) is 8.99. The summed E-state index contributed by atoms with van der Waals surface area (Å²) in [4.78, 5) is 35.7. The van der Waals surface area contributed by atoms with Crippen molar-refractivity contribution in [2.45, 2.75) is 77.9 Å². The van der Waals surface area contributed by atoms with Gasteiger partial charge in [-0.15, -0.1) is 0 Å². The number of hydrogen-bond donors (Lipinski definition) is 2. The van der Waals surface area contributed by atoms with Crippen LogP contribution in [0.5, 0.6) is 0 Å². The molecule has 0 aromatic carbocycles. The zero-order valence-electron chi connectivity index (χ0n) is 19.3. The molecule has 0 bridgehead atoms. The number of carbonyl (C=O) groups is 2. The molecule has 32 heavy (non-hydrogen) atoms. The number of hydrogen-bond acceptors (Lipinski definition) is 5. The van der Waals surface area contributed by atoms with Crippen LogP contribution in [0.4, 0.5) is 0 Å². The smallest absolute Gasteiger partial charge is 0.319 e. The van der Waals surface area contributed by atoms with E-state index in [1.54, 1.807) is 0 Å². The van der Waals surface area contributed by atoms with Crippen molar-refractivity contribution in [2.24, 2.45) is 11.1 Å². The summed E-state index contributed by atoms with van der Waals surface area (Å²) in [6, 6.07) is 8.30.